The smallest absolute Gasteiger partial charge is 0.230 e. The molecule has 2 nitrogen and oxygen atoms in total. The Bertz CT molecular complexity index is 274. The van der Waals surface area contributed by atoms with Crippen molar-refractivity contribution in [3.05, 3.63) is 16.9 Å². The Labute approximate surface area is 85.1 Å². The third-order valence-corrected chi connectivity index (χ3v) is 2.31. The van der Waals surface area contributed by atoms with Crippen molar-refractivity contribution >= 4 is 27.7 Å². The first-order valence-corrected chi connectivity index (χ1v) is 4.92. The van der Waals surface area contributed by atoms with Gasteiger partial charge in [-0.15, -0.1) is 0 Å². The Balaban J connectivity index is 2.51. The van der Waals surface area contributed by atoms with Gasteiger partial charge >= 0.3 is 6.18 Å². The lowest BCUT2D eigenvalue weighted by Crippen LogP contribution is -2.10. The van der Waals surface area contributed by atoms with E-state index in [-0.39, 0.29) is 5.16 Å². The summed E-state index contributed by atoms with van der Waals surface area (Å²) in [6.45, 7) is 0. The highest BCUT2D eigenvalue weighted by Crippen LogP contribution is 2.24. The number of thioether (sulfide) groups is 1. The molecule has 1 aromatic heterocycles. The Kier molecular flexibility index (Phi) is 3.55. The molecule has 0 bridgehead atoms. The van der Waals surface area contributed by atoms with E-state index in [9.17, 15) is 13.2 Å². The largest absolute Gasteiger partial charge is 0.398 e. The van der Waals surface area contributed by atoms with Crippen LogP contribution in [0, 0.1) is 0 Å². The van der Waals surface area contributed by atoms with Gasteiger partial charge in [0.2, 0.25) is 0 Å². The Morgan fingerprint density at radius 1 is 1.31 bits per heavy atom. The second kappa shape index (κ2) is 4.28. The third kappa shape index (κ3) is 4.47. The molecule has 0 spiro atoms. The van der Waals surface area contributed by atoms with Gasteiger partial charge in [0.05, 0.1) is 10.2 Å². The normalized spacial score (nSPS) is 11.7. The highest BCUT2D eigenvalue weighted by Gasteiger charge is 2.27. The third-order valence-electron chi connectivity index (χ3n) is 0.962. The van der Waals surface area contributed by atoms with E-state index in [1.54, 1.807) is 0 Å². The first kappa shape index (κ1) is 10.8. The molecule has 0 saturated carbocycles. The van der Waals surface area contributed by atoms with E-state index in [0.717, 1.165) is 0 Å². The summed E-state index contributed by atoms with van der Waals surface area (Å²) >= 11 is 3.65. The van der Waals surface area contributed by atoms with Crippen LogP contribution in [0.5, 0.6) is 0 Å². The number of hydrogen-bond acceptors (Lipinski definition) is 3. The van der Waals surface area contributed by atoms with E-state index in [4.69, 9.17) is 0 Å². The molecule has 13 heavy (non-hydrogen) atoms. The quantitative estimate of drug-likeness (QED) is 0.612. The molecule has 0 aliphatic carbocycles. The van der Waals surface area contributed by atoms with Crippen molar-refractivity contribution in [1.29, 1.82) is 0 Å². The summed E-state index contributed by atoms with van der Waals surface area (Å²) in [4.78, 5) is 7.37. The van der Waals surface area contributed by atoms with Gasteiger partial charge in [-0.2, -0.15) is 13.2 Å². The van der Waals surface area contributed by atoms with E-state index in [1.165, 1.54) is 12.4 Å². The Morgan fingerprint density at radius 3 is 2.31 bits per heavy atom. The summed E-state index contributed by atoms with van der Waals surface area (Å²) in [6.07, 6.45) is -1.36. The molecular weight excluding hydrogens is 269 g/mol. The van der Waals surface area contributed by atoms with Crippen molar-refractivity contribution in [2.75, 3.05) is 5.75 Å². The highest BCUT2D eigenvalue weighted by molar-refractivity contribution is 9.10. The average Bonchev–Trinajstić information content (AvgIpc) is 2.02. The van der Waals surface area contributed by atoms with E-state index in [2.05, 4.69) is 25.9 Å². The monoisotopic (exact) mass is 272 g/mol. The van der Waals surface area contributed by atoms with Crippen LogP contribution in [0.15, 0.2) is 22.0 Å². The molecule has 7 heteroatoms. The van der Waals surface area contributed by atoms with Crippen molar-refractivity contribution in [2.24, 2.45) is 0 Å². The second-order valence-electron chi connectivity index (χ2n) is 2.09. The molecule has 0 aliphatic rings. The van der Waals surface area contributed by atoms with Crippen molar-refractivity contribution in [3.63, 3.8) is 0 Å². The zero-order valence-corrected chi connectivity index (χ0v) is 8.58. The Hall–Kier alpha value is -0.300. The predicted octanol–water partition coefficient (Wildman–Crippen LogP) is 2.89. The molecule has 0 N–H and O–H groups in total. The molecule has 72 valence electrons. The molecule has 0 saturated heterocycles. The molecule has 0 aliphatic heterocycles. The van der Waals surface area contributed by atoms with Gasteiger partial charge in [-0.25, -0.2) is 9.97 Å². The van der Waals surface area contributed by atoms with Crippen molar-refractivity contribution < 1.29 is 13.2 Å². The molecule has 0 atom stereocenters. The van der Waals surface area contributed by atoms with Gasteiger partial charge in [-0.1, -0.05) is 11.8 Å². The number of rotatable bonds is 2. The second-order valence-corrected chi connectivity index (χ2v) is 3.95. The molecule has 0 amide bonds. The van der Waals surface area contributed by atoms with Crippen molar-refractivity contribution in [2.45, 2.75) is 11.3 Å². The maximum absolute atomic E-state index is 11.7. The average molecular weight is 273 g/mol. The van der Waals surface area contributed by atoms with Gasteiger partial charge < -0.3 is 0 Å². The minimum absolute atomic E-state index is 0.125. The molecule has 0 fully saturated rings. The van der Waals surface area contributed by atoms with E-state index < -0.39 is 11.9 Å². The number of aromatic nitrogens is 2. The summed E-state index contributed by atoms with van der Waals surface area (Å²) in [5.74, 6) is -0.964. The summed E-state index contributed by atoms with van der Waals surface area (Å²) < 4.78 is 35.8. The minimum Gasteiger partial charge on any atom is -0.230 e. The number of halogens is 4. The molecule has 0 radical (unpaired) electrons. The molecule has 1 rings (SSSR count). The zero-order valence-electron chi connectivity index (χ0n) is 6.18. The van der Waals surface area contributed by atoms with Gasteiger partial charge in [-0.05, 0) is 15.9 Å². The van der Waals surface area contributed by atoms with Crippen LogP contribution in [-0.4, -0.2) is 21.9 Å². The summed E-state index contributed by atoms with van der Waals surface area (Å²) in [5, 5.41) is 0.125. The number of alkyl halides is 3. The van der Waals surface area contributed by atoms with Crippen LogP contribution in [-0.2, 0) is 0 Å². The maximum Gasteiger partial charge on any atom is 0.398 e. The highest BCUT2D eigenvalue weighted by atomic mass is 79.9. The fraction of sp³-hybridized carbons (Fsp3) is 0.333. The van der Waals surface area contributed by atoms with Crippen LogP contribution < -0.4 is 0 Å². The standard InChI is InChI=1S/C6H4BrF3N2S/c7-4-1-11-5(12-2-4)13-3-6(8,9)10/h1-2H,3H2. The van der Waals surface area contributed by atoms with Gasteiger partial charge in [0.15, 0.2) is 5.16 Å². The molecule has 1 aromatic rings. The van der Waals surface area contributed by atoms with Gasteiger partial charge in [0, 0.05) is 12.4 Å². The fourth-order valence-electron chi connectivity index (χ4n) is 0.521. The first-order valence-electron chi connectivity index (χ1n) is 3.14. The van der Waals surface area contributed by atoms with Crippen molar-refractivity contribution in [1.82, 2.24) is 9.97 Å². The number of hydrogen-bond donors (Lipinski definition) is 0. The van der Waals surface area contributed by atoms with Gasteiger partial charge in [0.25, 0.3) is 0 Å². The molecule has 0 unspecified atom stereocenters. The minimum atomic E-state index is -4.18. The fourth-order valence-corrected chi connectivity index (χ4v) is 1.27. The van der Waals surface area contributed by atoms with Crippen LogP contribution in [0.2, 0.25) is 0 Å². The van der Waals surface area contributed by atoms with E-state index in [0.29, 0.717) is 16.2 Å². The van der Waals surface area contributed by atoms with E-state index >= 15 is 0 Å². The Morgan fingerprint density at radius 2 is 1.85 bits per heavy atom. The summed E-state index contributed by atoms with van der Waals surface area (Å²) in [6, 6.07) is 0. The maximum atomic E-state index is 11.7. The lowest BCUT2D eigenvalue weighted by Gasteiger charge is -2.03. The topological polar surface area (TPSA) is 25.8 Å². The lowest BCUT2D eigenvalue weighted by molar-refractivity contribution is -0.105. The van der Waals surface area contributed by atoms with Gasteiger partial charge in [0.1, 0.15) is 0 Å². The van der Waals surface area contributed by atoms with Crippen LogP contribution in [0.1, 0.15) is 0 Å². The SMILES string of the molecule is FC(F)(F)CSc1ncc(Br)cn1. The van der Waals surface area contributed by atoms with E-state index in [1.807, 2.05) is 0 Å². The first-order chi connectivity index (χ1) is 5.97. The van der Waals surface area contributed by atoms with Crippen LogP contribution >= 0.6 is 27.7 Å². The predicted molar refractivity (Wildman–Crippen MR) is 46.5 cm³/mol. The van der Waals surface area contributed by atoms with Crippen LogP contribution in [0.3, 0.4) is 0 Å². The molecular formula is C6H4BrF3N2S. The van der Waals surface area contributed by atoms with Gasteiger partial charge in [-0.3, -0.25) is 0 Å². The lowest BCUT2D eigenvalue weighted by atomic mass is 10.7. The zero-order chi connectivity index (χ0) is 9.90. The van der Waals surface area contributed by atoms with Crippen LogP contribution in [0.4, 0.5) is 13.2 Å². The molecule has 1 heterocycles. The summed E-state index contributed by atoms with van der Waals surface area (Å²) in [5.41, 5.74) is 0. The number of nitrogens with zero attached hydrogens (tertiary/aromatic N) is 2. The summed E-state index contributed by atoms with van der Waals surface area (Å²) in [7, 11) is 0. The molecule has 0 aromatic carbocycles. The van der Waals surface area contributed by atoms with Crippen LogP contribution in [0.25, 0.3) is 0 Å². The van der Waals surface area contributed by atoms with Crippen molar-refractivity contribution in [3.8, 4) is 0 Å².